The lowest BCUT2D eigenvalue weighted by molar-refractivity contribution is 0.181. The highest BCUT2D eigenvalue weighted by Crippen LogP contribution is 2.30. The van der Waals surface area contributed by atoms with E-state index in [0.29, 0.717) is 24.1 Å². The quantitative estimate of drug-likeness (QED) is 0.474. The van der Waals surface area contributed by atoms with Gasteiger partial charge in [0.1, 0.15) is 11.6 Å². The fourth-order valence-electron chi connectivity index (χ4n) is 3.11. The summed E-state index contributed by atoms with van der Waals surface area (Å²) in [7, 11) is 1.65. The Labute approximate surface area is 175 Å². The number of ether oxygens (including phenoxy) is 1. The Morgan fingerprint density at radius 3 is 2.14 bits per heavy atom. The van der Waals surface area contributed by atoms with E-state index < -0.39 is 0 Å². The Balaban J connectivity index is 0.00000132. The van der Waals surface area contributed by atoms with Gasteiger partial charge in [0.2, 0.25) is 0 Å². The van der Waals surface area contributed by atoms with Crippen LogP contribution in [0.3, 0.4) is 0 Å². The van der Waals surface area contributed by atoms with E-state index in [1.165, 1.54) is 12.0 Å². The molecule has 7 heteroatoms. The van der Waals surface area contributed by atoms with Crippen LogP contribution in [0.15, 0.2) is 12.1 Å². The fourth-order valence-corrected chi connectivity index (χ4v) is 3.11. The Morgan fingerprint density at radius 1 is 1.10 bits per heavy atom. The van der Waals surface area contributed by atoms with Gasteiger partial charge in [-0.05, 0) is 45.7 Å². The monoisotopic (exact) mass is 402 g/mol. The largest absolute Gasteiger partial charge is 0.382 e. The van der Waals surface area contributed by atoms with E-state index in [0.717, 1.165) is 22.4 Å². The van der Waals surface area contributed by atoms with E-state index in [2.05, 4.69) is 62.0 Å². The molecule has 1 unspecified atom stereocenters. The Kier molecular flexibility index (Phi) is 10.0. The summed E-state index contributed by atoms with van der Waals surface area (Å²) < 4.78 is 5.21. The number of nitrogens with one attached hydrogen (secondary N) is 1. The lowest BCUT2D eigenvalue weighted by Gasteiger charge is -2.27. The number of rotatable bonds is 7. The summed E-state index contributed by atoms with van der Waals surface area (Å²) in [4.78, 5) is 9.10. The van der Waals surface area contributed by atoms with Crippen molar-refractivity contribution in [1.29, 1.82) is 0 Å². The van der Waals surface area contributed by atoms with Gasteiger partial charge in [0.15, 0.2) is 5.82 Å². The molecule has 2 rings (SSSR count). The number of hydrogen-bond donors (Lipinski definition) is 3. The molecule has 1 aromatic carbocycles. The van der Waals surface area contributed by atoms with Crippen molar-refractivity contribution in [3.05, 3.63) is 40.2 Å². The molecular weight excluding hydrogens is 364 g/mol. The van der Waals surface area contributed by atoms with E-state index >= 15 is 0 Å². The van der Waals surface area contributed by atoms with Crippen LogP contribution in [0.4, 0.5) is 17.3 Å². The van der Waals surface area contributed by atoms with E-state index in [9.17, 15) is 0 Å². The predicted octanol–water partition coefficient (Wildman–Crippen LogP) is 4.04. The minimum atomic E-state index is -0.0460. The highest BCUT2D eigenvalue weighted by Gasteiger charge is 2.20. The van der Waals surface area contributed by atoms with Gasteiger partial charge in [0.25, 0.3) is 0 Å². The Bertz CT molecular complexity index is 770. The number of hydrogen-bond acceptors (Lipinski definition) is 7. The number of nitrogens with two attached hydrogens (primary N) is 2. The molecule has 0 bridgehead atoms. The number of aryl methyl sites for hydroxylation is 4. The van der Waals surface area contributed by atoms with Crippen LogP contribution in [-0.2, 0) is 11.3 Å². The van der Waals surface area contributed by atoms with Crippen molar-refractivity contribution in [3.63, 3.8) is 0 Å². The second-order valence-electron chi connectivity index (χ2n) is 7.44. The summed E-state index contributed by atoms with van der Waals surface area (Å²) in [5.41, 5.74) is 11.4. The van der Waals surface area contributed by atoms with Gasteiger partial charge in [-0.3, -0.25) is 5.01 Å². The third-order valence-corrected chi connectivity index (χ3v) is 4.35. The first kappa shape index (κ1) is 24.8. The highest BCUT2D eigenvalue weighted by molar-refractivity contribution is 5.70. The number of benzene rings is 1. The number of aromatic nitrogens is 2. The van der Waals surface area contributed by atoms with E-state index in [1.54, 1.807) is 12.1 Å². The maximum Gasteiger partial charge on any atom is 0.153 e. The molecule has 5 N–H and O–H groups in total. The molecule has 7 nitrogen and oxygen atoms in total. The molecule has 1 heterocycles. The van der Waals surface area contributed by atoms with Gasteiger partial charge in [0.05, 0.1) is 18.2 Å². The molecule has 1 atom stereocenters. The summed E-state index contributed by atoms with van der Waals surface area (Å²) in [5.74, 6) is 8.22. The van der Waals surface area contributed by atoms with Gasteiger partial charge in [0, 0.05) is 19.3 Å². The smallest absolute Gasteiger partial charge is 0.153 e. The van der Waals surface area contributed by atoms with E-state index in [1.807, 2.05) is 13.8 Å². The summed E-state index contributed by atoms with van der Waals surface area (Å²) in [6, 6.07) is 4.24. The molecule has 0 fully saturated rings. The molecule has 2 aromatic rings. The summed E-state index contributed by atoms with van der Waals surface area (Å²) in [6.07, 6.45) is 1.25. The second-order valence-corrected chi connectivity index (χ2v) is 7.44. The minimum absolute atomic E-state index is 0.0460. The van der Waals surface area contributed by atoms with Crippen LogP contribution in [0, 0.1) is 27.7 Å². The van der Waals surface area contributed by atoms with Gasteiger partial charge in [-0.15, -0.1) is 0 Å². The topological polar surface area (TPSA) is 102 Å². The first-order valence-corrected chi connectivity index (χ1v) is 10.1. The van der Waals surface area contributed by atoms with Crippen molar-refractivity contribution >= 4 is 17.3 Å². The van der Waals surface area contributed by atoms with Gasteiger partial charge < -0.3 is 15.8 Å². The lowest BCUT2D eigenvalue weighted by Crippen LogP contribution is -2.43. The highest BCUT2D eigenvalue weighted by atomic mass is 16.5. The van der Waals surface area contributed by atoms with Gasteiger partial charge in [-0.1, -0.05) is 38.0 Å². The van der Waals surface area contributed by atoms with Crippen LogP contribution >= 0.6 is 0 Å². The molecule has 0 aliphatic rings. The predicted molar refractivity (Wildman–Crippen MR) is 123 cm³/mol. The first-order valence-electron chi connectivity index (χ1n) is 10.1. The number of anilines is 3. The zero-order valence-electron chi connectivity index (χ0n) is 19.3. The first-order chi connectivity index (χ1) is 13.7. The van der Waals surface area contributed by atoms with Crippen LogP contribution in [0.5, 0.6) is 0 Å². The van der Waals surface area contributed by atoms with Crippen molar-refractivity contribution in [1.82, 2.24) is 9.97 Å². The maximum atomic E-state index is 6.29. The van der Waals surface area contributed by atoms with Crippen LogP contribution in [0.1, 0.15) is 55.3 Å². The molecule has 0 saturated heterocycles. The van der Waals surface area contributed by atoms with E-state index in [4.69, 9.17) is 16.3 Å². The van der Waals surface area contributed by atoms with Crippen molar-refractivity contribution in [2.75, 3.05) is 24.0 Å². The molecule has 0 radical (unpaired) electrons. The van der Waals surface area contributed by atoms with Crippen LogP contribution in [-0.4, -0.2) is 29.7 Å². The Hall–Kier alpha value is -2.22. The van der Waals surface area contributed by atoms with Crippen LogP contribution in [0.25, 0.3) is 0 Å². The molecule has 0 saturated carbocycles. The summed E-state index contributed by atoms with van der Waals surface area (Å²) >= 11 is 0. The van der Waals surface area contributed by atoms with Crippen LogP contribution in [0.2, 0.25) is 0 Å². The molecule has 0 amide bonds. The molecular formula is C22H38N6O. The zero-order valence-corrected chi connectivity index (χ0v) is 19.3. The number of methoxy groups -OCH3 is 1. The normalized spacial score (nSPS) is 11.5. The molecule has 0 aliphatic carbocycles. The summed E-state index contributed by atoms with van der Waals surface area (Å²) in [5, 5.41) is 5.05. The van der Waals surface area contributed by atoms with Gasteiger partial charge in [-0.25, -0.2) is 15.8 Å². The van der Waals surface area contributed by atoms with E-state index in [-0.39, 0.29) is 12.6 Å². The van der Waals surface area contributed by atoms with Crippen molar-refractivity contribution in [2.24, 2.45) is 11.6 Å². The standard InChI is InChI=1S/C19H30N6O.C3H8/c1-11-7-12(2)17(13(3)8-11)24-18-16(9-20)19(23-15(5)22-18)25(21)14(4)10-26-6;1-3-2/h7-8,14H,9-10,20-21H2,1-6H3,(H,22,23,24);3H2,1-2H3. The molecule has 162 valence electrons. The van der Waals surface area contributed by atoms with Gasteiger partial charge in [-0.2, -0.15) is 0 Å². The van der Waals surface area contributed by atoms with Crippen molar-refractivity contribution in [2.45, 2.75) is 67.5 Å². The Morgan fingerprint density at radius 2 is 1.66 bits per heavy atom. The lowest BCUT2D eigenvalue weighted by atomic mass is 10.0. The van der Waals surface area contributed by atoms with Crippen molar-refractivity contribution < 1.29 is 4.74 Å². The molecule has 1 aromatic heterocycles. The number of nitrogens with zero attached hydrogens (tertiary/aromatic N) is 3. The molecule has 0 spiro atoms. The SMILES string of the molecule is CCC.COCC(C)N(N)c1nc(C)nc(Nc2c(C)cc(C)cc2C)c1CN. The average molecular weight is 403 g/mol. The molecule has 29 heavy (non-hydrogen) atoms. The second kappa shape index (κ2) is 11.7. The zero-order chi connectivity index (χ0) is 22.1. The average Bonchev–Trinajstić information content (AvgIpc) is 2.64. The molecule has 0 aliphatic heterocycles. The van der Waals surface area contributed by atoms with Crippen molar-refractivity contribution in [3.8, 4) is 0 Å². The van der Waals surface area contributed by atoms with Crippen LogP contribution < -0.4 is 21.9 Å². The minimum Gasteiger partial charge on any atom is -0.382 e. The third-order valence-electron chi connectivity index (χ3n) is 4.35. The fraction of sp³-hybridized carbons (Fsp3) is 0.545. The van der Waals surface area contributed by atoms with Gasteiger partial charge >= 0.3 is 0 Å². The number of hydrazine groups is 1. The maximum absolute atomic E-state index is 6.29. The summed E-state index contributed by atoms with van der Waals surface area (Å²) in [6.45, 7) is 15.1. The third kappa shape index (κ3) is 6.66.